The maximum atomic E-state index is 12.1. The molecule has 0 amide bonds. The van der Waals surface area contributed by atoms with E-state index in [4.69, 9.17) is 14.2 Å². The van der Waals surface area contributed by atoms with E-state index in [2.05, 4.69) is 4.99 Å². The van der Waals surface area contributed by atoms with Crippen molar-refractivity contribution in [3.63, 3.8) is 0 Å². The van der Waals surface area contributed by atoms with Crippen molar-refractivity contribution in [2.75, 3.05) is 13.2 Å². The van der Waals surface area contributed by atoms with Crippen LogP contribution in [-0.4, -0.2) is 25.1 Å². The molecular formula is C20H17NO4. The fourth-order valence-electron chi connectivity index (χ4n) is 2.71. The molecule has 0 fully saturated rings. The molecule has 25 heavy (non-hydrogen) atoms. The van der Waals surface area contributed by atoms with Gasteiger partial charge < -0.3 is 14.2 Å². The monoisotopic (exact) mass is 335 g/mol. The van der Waals surface area contributed by atoms with Gasteiger partial charge in [0.2, 0.25) is 5.90 Å². The van der Waals surface area contributed by atoms with Gasteiger partial charge in [0.05, 0.1) is 0 Å². The molecule has 126 valence electrons. The van der Waals surface area contributed by atoms with Crippen LogP contribution in [0, 0.1) is 13.8 Å². The zero-order valence-electron chi connectivity index (χ0n) is 14.0. The normalized spacial score (nSPS) is 17.4. The van der Waals surface area contributed by atoms with Crippen molar-refractivity contribution in [2.45, 2.75) is 13.8 Å². The van der Waals surface area contributed by atoms with Crippen LogP contribution in [0.15, 0.2) is 47.1 Å². The number of hydrogen-bond acceptors (Lipinski definition) is 5. The molecule has 5 heteroatoms. The molecular weight excluding hydrogens is 318 g/mol. The van der Waals surface area contributed by atoms with E-state index < -0.39 is 5.97 Å². The van der Waals surface area contributed by atoms with E-state index in [0.717, 1.165) is 16.7 Å². The highest BCUT2D eigenvalue weighted by Crippen LogP contribution is 2.32. The van der Waals surface area contributed by atoms with Gasteiger partial charge in [-0.2, -0.15) is 0 Å². The van der Waals surface area contributed by atoms with Gasteiger partial charge in [-0.1, -0.05) is 12.1 Å². The van der Waals surface area contributed by atoms with Crippen LogP contribution >= 0.6 is 0 Å². The van der Waals surface area contributed by atoms with Crippen molar-refractivity contribution in [3.05, 3.63) is 64.3 Å². The lowest BCUT2D eigenvalue weighted by Crippen LogP contribution is -2.15. The van der Waals surface area contributed by atoms with Crippen molar-refractivity contribution in [1.82, 2.24) is 0 Å². The Morgan fingerprint density at radius 1 is 0.960 bits per heavy atom. The zero-order valence-corrected chi connectivity index (χ0v) is 14.0. The van der Waals surface area contributed by atoms with Gasteiger partial charge in [-0.3, -0.25) is 0 Å². The average Bonchev–Trinajstić information content (AvgIpc) is 2.98. The third kappa shape index (κ3) is 3.01. The predicted molar refractivity (Wildman–Crippen MR) is 94.0 cm³/mol. The Morgan fingerprint density at radius 3 is 2.56 bits per heavy atom. The van der Waals surface area contributed by atoms with Crippen LogP contribution in [0.4, 0.5) is 0 Å². The second-order valence-electron chi connectivity index (χ2n) is 6.04. The van der Waals surface area contributed by atoms with E-state index in [1.54, 1.807) is 6.08 Å². The highest BCUT2D eigenvalue weighted by molar-refractivity contribution is 6.12. The molecule has 5 nitrogen and oxygen atoms in total. The number of esters is 1. The third-order valence-electron chi connectivity index (χ3n) is 4.24. The summed E-state index contributed by atoms with van der Waals surface area (Å²) < 4.78 is 16.4. The minimum atomic E-state index is -0.455. The Morgan fingerprint density at radius 2 is 1.76 bits per heavy atom. The van der Waals surface area contributed by atoms with Gasteiger partial charge in [-0.05, 0) is 60.9 Å². The Labute approximate surface area is 145 Å². The summed E-state index contributed by atoms with van der Waals surface area (Å²) in [6.07, 6.45) is 1.69. The predicted octanol–water partition coefficient (Wildman–Crippen LogP) is 3.42. The van der Waals surface area contributed by atoms with Gasteiger partial charge in [0.15, 0.2) is 17.2 Å². The zero-order chi connectivity index (χ0) is 17.4. The average molecular weight is 335 g/mol. The number of aryl methyl sites for hydroxylation is 2. The molecule has 0 atom stereocenters. The van der Waals surface area contributed by atoms with Crippen LogP contribution in [0.1, 0.15) is 22.3 Å². The van der Waals surface area contributed by atoms with Crippen molar-refractivity contribution >= 4 is 17.9 Å². The molecule has 0 aromatic heterocycles. The minimum absolute atomic E-state index is 0.268. The fourth-order valence-corrected chi connectivity index (χ4v) is 2.71. The summed E-state index contributed by atoms with van der Waals surface area (Å²) in [6.45, 7) is 5.12. The summed E-state index contributed by atoms with van der Waals surface area (Å²) in [6, 6.07) is 11.4. The Bertz CT molecular complexity index is 927. The molecule has 0 N–H and O–H groups in total. The van der Waals surface area contributed by atoms with Crippen LogP contribution in [0.5, 0.6) is 11.5 Å². The van der Waals surface area contributed by atoms with Gasteiger partial charge in [0, 0.05) is 5.56 Å². The maximum absolute atomic E-state index is 12.1. The first-order valence-electron chi connectivity index (χ1n) is 8.10. The molecule has 2 aliphatic heterocycles. The largest absolute Gasteiger partial charge is 0.486 e. The third-order valence-corrected chi connectivity index (χ3v) is 4.24. The summed E-state index contributed by atoms with van der Waals surface area (Å²) in [5.74, 6) is 1.26. The molecule has 0 bridgehead atoms. The Kier molecular flexibility index (Phi) is 3.76. The standard InChI is InChI=1S/C20H17NO4/c1-12-3-5-15(9-13(12)2)19-21-16(20(22)25-19)10-14-4-6-17-18(11-14)24-8-7-23-17/h3-6,9-11H,7-8H2,1-2H3/b16-10+. The second kappa shape index (κ2) is 6.09. The summed E-state index contributed by atoms with van der Waals surface area (Å²) >= 11 is 0. The molecule has 0 aliphatic carbocycles. The van der Waals surface area contributed by atoms with Crippen LogP contribution < -0.4 is 9.47 Å². The van der Waals surface area contributed by atoms with Crippen LogP contribution in [0.3, 0.4) is 0 Å². The molecule has 0 saturated carbocycles. The van der Waals surface area contributed by atoms with Crippen molar-refractivity contribution < 1.29 is 19.0 Å². The first kappa shape index (κ1) is 15.4. The summed E-state index contributed by atoms with van der Waals surface area (Å²) in [7, 11) is 0. The second-order valence-corrected chi connectivity index (χ2v) is 6.04. The van der Waals surface area contributed by atoms with Crippen LogP contribution in [0.2, 0.25) is 0 Å². The number of fused-ring (bicyclic) bond motifs is 1. The molecule has 2 aromatic carbocycles. The molecule has 0 spiro atoms. The topological polar surface area (TPSA) is 57.1 Å². The highest BCUT2D eigenvalue weighted by atomic mass is 16.6. The number of rotatable bonds is 2. The molecule has 2 aliphatic rings. The number of hydrogen-bond donors (Lipinski definition) is 0. The highest BCUT2D eigenvalue weighted by Gasteiger charge is 2.24. The van der Waals surface area contributed by atoms with Crippen LogP contribution in [0.25, 0.3) is 6.08 Å². The van der Waals surface area contributed by atoms with E-state index in [1.165, 1.54) is 5.56 Å². The number of carbonyl (C=O) groups is 1. The SMILES string of the molecule is Cc1ccc(C2=N/C(=C/c3ccc4c(c3)OCCO4)C(=O)O2)cc1C. The van der Waals surface area contributed by atoms with E-state index in [1.807, 2.05) is 50.2 Å². The summed E-state index contributed by atoms with van der Waals surface area (Å²) in [4.78, 5) is 16.5. The van der Waals surface area contributed by atoms with E-state index in [0.29, 0.717) is 30.6 Å². The maximum Gasteiger partial charge on any atom is 0.363 e. The van der Waals surface area contributed by atoms with Gasteiger partial charge >= 0.3 is 5.97 Å². The molecule has 4 rings (SSSR count). The van der Waals surface area contributed by atoms with Gasteiger partial charge in [-0.15, -0.1) is 0 Å². The number of benzene rings is 2. The summed E-state index contributed by atoms with van der Waals surface area (Å²) in [5.41, 5.74) is 4.18. The molecule has 0 saturated heterocycles. The number of aliphatic imine (C=N–C) groups is 1. The Hall–Kier alpha value is -3.08. The summed E-state index contributed by atoms with van der Waals surface area (Å²) in [5, 5.41) is 0. The lowest BCUT2D eigenvalue weighted by molar-refractivity contribution is -0.129. The first-order valence-corrected chi connectivity index (χ1v) is 8.10. The quantitative estimate of drug-likeness (QED) is 0.623. The lowest BCUT2D eigenvalue weighted by atomic mass is 10.1. The lowest BCUT2D eigenvalue weighted by Gasteiger charge is -2.18. The first-order chi connectivity index (χ1) is 12.1. The van der Waals surface area contributed by atoms with Gasteiger partial charge in [-0.25, -0.2) is 9.79 Å². The Balaban J connectivity index is 1.65. The van der Waals surface area contributed by atoms with Crippen molar-refractivity contribution in [2.24, 2.45) is 4.99 Å². The number of carbonyl (C=O) groups excluding carboxylic acids is 1. The number of nitrogens with zero attached hydrogens (tertiary/aromatic N) is 1. The van der Waals surface area contributed by atoms with Crippen LogP contribution in [-0.2, 0) is 9.53 Å². The molecule has 0 unspecified atom stereocenters. The molecule has 0 radical (unpaired) electrons. The van der Waals surface area contributed by atoms with Crippen molar-refractivity contribution in [1.29, 1.82) is 0 Å². The van der Waals surface area contributed by atoms with E-state index in [-0.39, 0.29) is 5.70 Å². The fraction of sp³-hybridized carbons (Fsp3) is 0.200. The molecule has 2 aromatic rings. The van der Waals surface area contributed by atoms with Gasteiger partial charge in [0.1, 0.15) is 13.2 Å². The van der Waals surface area contributed by atoms with E-state index >= 15 is 0 Å². The smallest absolute Gasteiger partial charge is 0.363 e. The minimum Gasteiger partial charge on any atom is -0.486 e. The number of cyclic esters (lactones) is 1. The number of ether oxygens (including phenoxy) is 3. The van der Waals surface area contributed by atoms with Crippen molar-refractivity contribution in [3.8, 4) is 11.5 Å². The van der Waals surface area contributed by atoms with Gasteiger partial charge in [0.25, 0.3) is 0 Å². The molecule has 2 heterocycles. The van der Waals surface area contributed by atoms with E-state index in [9.17, 15) is 4.79 Å².